The molecule has 2 aromatic carbocycles. The minimum atomic E-state index is -4.36. The maximum atomic E-state index is 14.7. The molecule has 1 amide bonds. The number of carbonyl (C=O) groups is 1. The summed E-state index contributed by atoms with van der Waals surface area (Å²) >= 11 is 0. The Hall–Kier alpha value is -2.85. The van der Waals surface area contributed by atoms with E-state index < -0.39 is 40.4 Å². The third-order valence-corrected chi connectivity index (χ3v) is 7.68. The molecule has 0 aromatic heterocycles. The van der Waals surface area contributed by atoms with E-state index >= 15 is 0 Å². The molecule has 10 heteroatoms. The Labute approximate surface area is 193 Å². The van der Waals surface area contributed by atoms with Crippen molar-refractivity contribution in [2.24, 2.45) is 0 Å². The summed E-state index contributed by atoms with van der Waals surface area (Å²) in [5.74, 6) is -0.820. The van der Waals surface area contributed by atoms with Crippen molar-refractivity contribution in [3.05, 3.63) is 48.3 Å². The van der Waals surface area contributed by atoms with Crippen LogP contribution < -0.4 is 13.8 Å². The Bertz CT molecular complexity index is 1090. The predicted octanol–water partition coefficient (Wildman–Crippen LogP) is 2.80. The number of sulfonamides is 1. The number of aliphatic hydroxyl groups is 1. The zero-order valence-electron chi connectivity index (χ0n) is 18.9. The Morgan fingerprint density at radius 3 is 2.39 bits per heavy atom. The number of nitrogens with zero attached hydrogens (tertiary/aromatic N) is 2. The van der Waals surface area contributed by atoms with Crippen LogP contribution in [-0.2, 0) is 14.8 Å². The number of rotatable bonds is 8. The van der Waals surface area contributed by atoms with Crippen LogP contribution in [0.3, 0.4) is 0 Å². The molecule has 1 aliphatic rings. The largest absolute Gasteiger partial charge is 0.493 e. The number of amides is 1. The molecule has 0 aliphatic heterocycles. The summed E-state index contributed by atoms with van der Waals surface area (Å²) in [5, 5.41) is 10.3. The minimum Gasteiger partial charge on any atom is -0.493 e. The van der Waals surface area contributed by atoms with Gasteiger partial charge in [0.05, 0.1) is 36.9 Å². The molecule has 2 unspecified atom stereocenters. The van der Waals surface area contributed by atoms with Crippen molar-refractivity contribution < 1.29 is 32.2 Å². The summed E-state index contributed by atoms with van der Waals surface area (Å²) in [7, 11) is -0.0330. The topological polar surface area (TPSA) is 96.4 Å². The molecule has 1 saturated carbocycles. The molecular formula is C23H29FN2O6S. The quantitative estimate of drug-likeness (QED) is 0.624. The van der Waals surface area contributed by atoms with Crippen LogP contribution in [0.1, 0.15) is 25.7 Å². The Morgan fingerprint density at radius 1 is 1.09 bits per heavy atom. The van der Waals surface area contributed by atoms with Crippen molar-refractivity contribution in [1.82, 2.24) is 4.90 Å². The minimum absolute atomic E-state index is 0.181. The lowest BCUT2D eigenvalue weighted by atomic mass is 9.91. The molecule has 2 aromatic rings. The maximum absolute atomic E-state index is 14.7. The first-order valence-corrected chi connectivity index (χ1v) is 12.1. The first-order valence-electron chi connectivity index (χ1n) is 10.6. The molecule has 1 N–H and O–H groups in total. The van der Waals surface area contributed by atoms with Gasteiger partial charge in [-0.1, -0.05) is 25.0 Å². The van der Waals surface area contributed by atoms with Crippen LogP contribution in [-0.4, -0.2) is 64.3 Å². The van der Waals surface area contributed by atoms with Gasteiger partial charge >= 0.3 is 0 Å². The Kier molecular flexibility index (Phi) is 7.80. The van der Waals surface area contributed by atoms with Crippen LogP contribution in [0.2, 0.25) is 0 Å². The fourth-order valence-corrected chi connectivity index (χ4v) is 5.46. The maximum Gasteiger partial charge on any atom is 0.265 e. The van der Waals surface area contributed by atoms with E-state index in [-0.39, 0.29) is 16.3 Å². The van der Waals surface area contributed by atoms with Gasteiger partial charge < -0.3 is 19.5 Å². The lowest BCUT2D eigenvalue weighted by Gasteiger charge is -2.36. The lowest BCUT2D eigenvalue weighted by molar-refractivity contribution is -0.133. The predicted molar refractivity (Wildman–Crippen MR) is 122 cm³/mol. The molecule has 3 rings (SSSR count). The molecule has 1 fully saturated rings. The molecule has 0 radical (unpaired) electrons. The second-order valence-corrected chi connectivity index (χ2v) is 9.77. The van der Waals surface area contributed by atoms with Crippen molar-refractivity contribution in [2.45, 2.75) is 42.7 Å². The van der Waals surface area contributed by atoms with E-state index in [2.05, 4.69) is 0 Å². The molecule has 0 bridgehead atoms. The zero-order chi connectivity index (χ0) is 24.2. The highest BCUT2D eigenvalue weighted by Gasteiger charge is 2.34. The highest BCUT2D eigenvalue weighted by atomic mass is 32.2. The van der Waals surface area contributed by atoms with Crippen molar-refractivity contribution in [3.8, 4) is 11.5 Å². The Morgan fingerprint density at radius 2 is 1.76 bits per heavy atom. The summed E-state index contributed by atoms with van der Waals surface area (Å²) in [5.41, 5.74) is -0.252. The normalized spacial score (nSPS) is 18.5. The monoisotopic (exact) mass is 480 g/mol. The Balaban J connectivity index is 2.00. The number of hydrogen-bond donors (Lipinski definition) is 1. The molecule has 0 spiro atoms. The molecular weight excluding hydrogens is 451 g/mol. The smallest absolute Gasteiger partial charge is 0.265 e. The van der Waals surface area contributed by atoms with Crippen molar-refractivity contribution >= 4 is 21.6 Å². The number of methoxy groups -OCH3 is 2. The van der Waals surface area contributed by atoms with Gasteiger partial charge in [0.2, 0.25) is 5.91 Å². The number of ether oxygens (including phenoxy) is 2. The number of likely N-dealkylation sites (N-methyl/N-ethyl adjacent to an activating group) is 1. The van der Waals surface area contributed by atoms with Gasteiger partial charge in [-0.25, -0.2) is 12.8 Å². The first-order chi connectivity index (χ1) is 15.7. The van der Waals surface area contributed by atoms with Crippen molar-refractivity contribution in [2.75, 3.05) is 32.1 Å². The van der Waals surface area contributed by atoms with Crippen LogP contribution in [0.15, 0.2) is 47.4 Å². The van der Waals surface area contributed by atoms with Crippen LogP contribution in [0, 0.1) is 5.82 Å². The molecule has 8 nitrogen and oxygen atoms in total. The summed E-state index contributed by atoms with van der Waals surface area (Å²) in [6, 6.07) is 8.95. The number of para-hydroxylation sites is 1. The van der Waals surface area contributed by atoms with Gasteiger partial charge in [-0.2, -0.15) is 0 Å². The second-order valence-electron chi connectivity index (χ2n) is 7.90. The van der Waals surface area contributed by atoms with Gasteiger partial charge in [-0.05, 0) is 37.1 Å². The molecule has 2 atom stereocenters. The standard InChI is InChI=1S/C23H29FN2O6S/c1-25(19-10-6-7-11-20(19)27)23(28)15-26(18-9-5-4-8-17(18)24)33(29,30)16-12-13-21(31-2)22(14-16)32-3/h4-5,8-9,12-14,19-20,27H,6-7,10-11,15H2,1-3H3. The first kappa shape index (κ1) is 24.8. The van der Waals surface area contributed by atoms with Gasteiger partial charge in [-0.15, -0.1) is 0 Å². The highest BCUT2D eigenvalue weighted by molar-refractivity contribution is 7.92. The van der Waals surface area contributed by atoms with Gasteiger partial charge in [0.25, 0.3) is 10.0 Å². The molecule has 0 saturated heterocycles. The third kappa shape index (κ3) is 5.22. The van der Waals surface area contributed by atoms with E-state index in [1.54, 1.807) is 0 Å². The van der Waals surface area contributed by atoms with E-state index in [0.717, 1.165) is 23.2 Å². The fourth-order valence-electron chi connectivity index (χ4n) is 4.02. The number of hydrogen-bond acceptors (Lipinski definition) is 6. The average Bonchev–Trinajstić information content (AvgIpc) is 2.82. The highest BCUT2D eigenvalue weighted by Crippen LogP contribution is 2.33. The van der Waals surface area contributed by atoms with Crippen LogP contribution in [0.25, 0.3) is 0 Å². The molecule has 0 heterocycles. The third-order valence-electron chi connectivity index (χ3n) is 5.93. The number of halogens is 1. The number of aliphatic hydroxyl groups excluding tert-OH is 1. The number of anilines is 1. The van der Waals surface area contributed by atoms with Gasteiger partial charge in [0, 0.05) is 13.1 Å². The summed E-state index contributed by atoms with van der Waals surface area (Å²) in [6.45, 7) is -0.628. The molecule has 180 valence electrons. The van der Waals surface area contributed by atoms with E-state index in [0.29, 0.717) is 18.6 Å². The van der Waals surface area contributed by atoms with Crippen LogP contribution in [0.5, 0.6) is 11.5 Å². The van der Waals surface area contributed by atoms with Crippen LogP contribution >= 0.6 is 0 Å². The van der Waals surface area contributed by atoms with Gasteiger partial charge in [-0.3, -0.25) is 9.10 Å². The molecule has 1 aliphatic carbocycles. The van der Waals surface area contributed by atoms with E-state index in [1.165, 1.54) is 62.6 Å². The zero-order valence-corrected chi connectivity index (χ0v) is 19.7. The number of carbonyl (C=O) groups excluding carboxylic acids is 1. The summed E-state index contributed by atoms with van der Waals surface area (Å²) in [4.78, 5) is 14.3. The fraction of sp³-hybridized carbons (Fsp3) is 0.435. The SMILES string of the molecule is COc1ccc(S(=O)(=O)N(CC(=O)N(C)C2CCCCC2O)c2ccccc2F)cc1OC. The lowest BCUT2D eigenvalue weighted by Crippen LogP contribution is -2.50. The second kappa shape index (κ2) is 10.4. The van der Waals surface area contributed by atoms with Gasteiger partial charge in [0.15, 0.2) is 11.5 Å². The van der Waals surface area contributed by atoms with E-state index in [9.17, 15) is 22.7 Å². The van der Waals surface area contributed by atoms with Crippen molar-refractivity contribution in [3.63, 3.8) is 0 Å². The average molecular weight is 481 g/mol. The van der Waals surface area contributed by atoms with E-state index in [1.807, 2.05) is 0 Å². The van der Waals surface area contributed by atoms with E-state index in [4.69, 9.17) is 9.47 Å². The summed E-state index contributed by atoms with van der Waals surface area (Å²) in [6.07, 6.45) is 2.24. The molecule has 33 heavy (non-hydrogen) atoms. The van der Waals surface area contributed by atoms with Crippen molar-refractivity contribution in [1.29, 1.82) is 0 Å². The number of benzene rings is 2. The van der Waals surface area contributed by atoms with Gasteiger partial charge in [0.1, 0.15) is 12.4 Å². The summed E-state index contributed by atoms with van der Waals surface area (Å²) < 4.78 is 53.0. The van der Waals surface area contributed by atoms with Crippen LogP contribution in [0.4, 0.5) is 10.1 Å².